The highest BCUT2D eigenvalue weighted by molar-refractivity contribution is 5.44. The lowest BCUT2D eigenvalue weighted by atomic mass is 10.1. The third-order valence-electron chi connectivity index (χ3n) is 2.53. The number of hydrogen-bond acceptors (Lipinski definition) is 1. The molecule has 72 valence electrons. The number of quaternary nitrogens is 1. The van der Waals surface area contributed by atoms with Gasteiger partial charge in [0.1, 0.15) is 5.69 Å². The van der Waals surface area contributed by atoms with Crippen molar-refractivity contribution in [2.45, 2.75) is 26.3 Å². The first-order valence-corrected chi connectivity index (χ1v) is 4.49. The van der Waals surface area contributed by atoms with Crippen molar-refractivity contribution < 1.29 is 0 Å². The van der Waals surface area contributed by atoms with Gasteiger partial charge in [0.15, 0.2) is 0 Å². The average Bonchev–Trinajstić information content (AvgIpc) is 2.04. The number of hydrogen-bond donors (Lipinski definition) is 0. The summed E-state index contributed by atoms with van der Waals surface area (Å²) in [5.74, 6) is 0. The summed E-state index contributed by atoms with van der Waals surface area (Å²) in [6.45, 7) is 5.85. The van der Waals surface area contributed by atoms with E-state index >= 15 is 0 Å². The Morgan fingerprint density at radius 3 is 1.92 bits per heavy atom. The molecule has 13 heavy (non-hydrogen) atoms. The molecule has 0 aromatic heterocycles. The molecule has 0 amide bonds. The predicted octanol–water partition coefficient (Wildman–Crippen LogP) is 2.92. The van der Waals surface area contributed by atoms with E-state index in [1.165, 1.54) is 0 Å². The molecule has 0 fully saturated rings. The molecule has 0 saturated carbocycles. The summed E-state index contributed by atoms with van der Waals surface area (Å²) in [4.78, 5) is 0. The molecule has 0 heterocycles. The lowest BCUT2D eigenvalue weighted by Gasteiger charge is -2.49. The zero-order chi connectivity index (χ0) is 10.1. The normalized spacial score (nSPS) is 16.7. The Labute approximate surface area is 80.0 Å². The molecule has 2 nitrogen and oxygen atoms in total. The Morgan fingerprint density at radius 1 is 1.08 bits per heavy atom. The zero-order valence-corrected chi connectivity index (χ0v) is 8.74. The van der Waals surface area contributed by atoms with Crippen molar-refractivity contribution in [2.24, 2.45) is 0 Å². The number of para-hydroxylation sites is 1. The summed E-state index contributed by atoms with van der Waals surface area (Å²) in [6.07, 6.45) is 0. The van der Waals surface area contributed by atoms with E-state index in [-0.39, 0.29) is 10.2 Å². The molecule has 2 heteroatoms. The molecule has 1 aromatic carbocycles. The second kappa shape index (κ2) is 3.13. The van der Waals surface area contributed by atoms with Gasteiger partial charge in [0.05, 0.1) is 12.6 Å². The summed E-state index contributed by atoms with van der Waals surface area (Å²) < 4.78 is -0.339. The summed E-state index contributed by atoms with van der Waals surface area (Å²) in [5, 5.41) is 12.3. The second-order valence-corrected chi connectivity index (χ2v) is 4.43. The van der Waals surface area contributed by atoms with Crippen molar-refractivity contribution in [3.8, 4) is 0 Å². The van der Waals surface area contributed by atoms with Gasteiger partial charge in [0.25, 0.3) is 0 Å². The van der Waals surface area contributed by atoms with Crippen molar-refractivity contribution >= 4 is 5.69 Å². The van der Waals surface area contributed by atoms with E-state index in [4.69, 9.17) is 0 Å². The van der Waals surface area contributed by atoms with Crippen molar-refractivity contribution in [3.05, 3.63) is 35.5 Å². The molecule has 1 aromatic rings. The highest BCUT2D eigenvalue weighted by atomic mass is 16.5. The van der Waals surface area contributed by atoms with Gasteiger partial charge in [-0.05, 0) is 32.9 Å². The molecule has 0 saturated heterocycles. The van der Waals surface area contributed by atoms with Crippen LogP contribution in [0.5, 0.6) is 0 Å². The molecule has 0 spiro atoms. The van der Waals surface area contributed by atoms with Gasteiger partial charge in [-0.2, -0.15) is 0 Å². The third-order valence-corrected chi connectivity index (χ3v) is 2.53. The van der Waals surface area contributed by atoms with Crippen LogP contribution in [0.4, 0.5) is 5.69 Å². The van der Waals surface area contributed by atoms with Crippen LogP contribution in [-0.4, -0.2) is 12.6 Å². The van der Waals surface area contributed by atoms with Gasteiger partial charge >= 0.3 is 0 Å². The highest BCUT2D eigenvalue weighted by Crippen LogP contribution is 2.28. The Bertz CT molecular complexity index is 272. The number of benzene rings is 1. The van der Waals surface area contributed by atoms with E-state index in [1.54, 1.807) is 7.05 Å². The lowest BCUT2D eigenvalue weighted by molar-refractivity contribution is 0.249. The van der Waals surface area contributed by atoms with Gasteiger partial charge in [-0.15, -0.1) is 0 Å². The van der Waals surface area contributed by atoms with Gasteiger partial charge in [-0.3, -0.25) is 0 Å². The molecule has 0 aliphatic carbocycles. The first kappa shape index (κ1) is 10.2. The monoisotopic (exact) mass is 179 g/mol. The van der Waals surface area contributed by atoms with Crippen molar-refractivity contribution in [3.63, 3.8) is 0 Å². The number of nitrogens with zero attached hydrogens (tertiary/aromatic N) is 1. The smallest absolute Gasteiger partial charge is 0.133 e. The molecular formula is C11H17NO. The maximum atomic E-state index is 12.3. The molecule has 0 N–H and O–H groups in total. The molecule has 0 radical (unpaired) electrons. The van der Waals surface area contributed by atoms with Crippen LogP contribution in [-0.2, 0) is 0 Å². The summed E-state index contributed by atoms with van der Waals surface area (Å²) in [5.41, 5.74) is 0.483. The van der Waals surface area contributed by atoms with E-state index < -0.39 is 0 Å². The van der Waals surface area contributed by atoms with Crippen LogP contribution in [0.3, 0.4) is 0 Å². The molecule has 1 unspecified atom stereocenters. The fourth-order valence-corrected chi connectivity index (χ4v) is 1.10. The quantitative estimate of drug-likeness (QED) is 0.480. The van der Waals surface area contributed by atoms with Crippen LogP contribution in [0.2, 0.25) is 0 Å². The maximum absolute atomic E-state index is 12.3. The minimum atomic E-state index is -0.339. The van der Waals surface area contributed by atoms with Crippen LogP contribution in [0, 0.1) is 5.21 Å². The summed E-state index contributed by atoms with van der Waals surface area (Å²) in [7, 11) is 1.69. The van der Waals surface area contributed by atoms with E-state index in [0.717, 1.165) is 5.69 Å². The summed E-state index contributed by atoms with van der Waals surface area (Å²) >= 11 is 0. The first-order valence-electron chi connectivity index (χ1n) is 4.49. The number of rotatable bonds is 1. The minimum Gasteiger partial charge on any atom is -0.627 e. The molecular weight excluding hydrogens is 162 g/mol. The van der Waals surface area contributed by atoms with E-state index in [9.17, 15) is 5.21 Å². The Kier molecular flexibility index (Phi) is 2.46. The van der Waals surface area contributed by atoms with E-state index in [1.807, 2.05) is 51.1 Å². The van der Waals surface area contributed by atoms with Gasteiger partial charge in [0, 0.05) is 0 Å². The van der Waals surface area contributed by atoms with Crippen LogP contribution < -0.4 is 4.65 Å². The van der Waals surface area contributed by atoms with Crippen LogP contribution in [0.25, 0.3) is 0 Å². The van der Waals surface area contributed by atoms with Crippen molar-refractivity contribution in [1.82, 2.24) is 4.65 Å². The third kappa shape index (κ3) is 1.90. The highest BCUT2D eigenvalue weighted by Gasteiger charge is 2.29. The van der Waals surface area contributed by atoms with Gasteiger partial charge in [-0.1, -0.05) is 18.2 Å². The van der Waals surface area contributed by atoms with Gasteiger partial charge in [-0.25, -0.2) is 0 Å². The van der Waals surface area contributed by atoms with Crippen molar-refractivity contribution in [2.75, 3.05) is 7.05 Å². The fraction of sp³-hybridized carbons (Fsp3) is 0.455. The summed E-state index contributed by atoms with van der Waals surface area (Å²) in [6, 6.07) is 9.47. The molecule has 0 aliphatic rings. The predicted molar refractivity (Wildman–Crippen MR) is 57.3 cm³/mol. The van der Waals surface area contributed by atoms with Crippen LogP contribution in [0.15, 0.2) is 30.3 Å². The average molecular weight is 179 g/mol. The largest absolute Gasteiger partial charge is 0.627 e. The Hall–Kier alpha value is -0.860. The molecule has 1 rings (SSSR count). The lowest BCUT2D eigenvalue weighted by Crippen LogP contribution is -2.53. The minimum absolute atomic E-state index is 0.318. The second-order valence-electron chi connectivity index (χ2n) is 4.43. The Morgan fingerprint density at radius 2 is 1.54 bits per heavy atom. The van der Waals surface area contributed by atoms with Crippen LogP contribution in [0.1, 0.15) is 20.8 Å². The molecule has 0 bridgehead atoms. The van der Waals surface area contributed by atoms with Gasteiger partial charge < -0.3 is 9.85 Å². The Balaban J connectivity index is 3.08. The fourth-order valence-electron chi connectivity index (χ4n) is 1.10. The number of hydroxylamine groups is 2. The standard InChI is InChI=1S/C11H17NO/c1-11(2,3)12(4,13)10-8-6-5-7-9-10/h5-9H,1-4H3. The van der Waals surface area contributed by atoms with E-state index in [0.29, 0.717) is 0 Å². The molecule has 0 aliphatic heterocycles. The van der Waals surface area contributed by atoms with E-state index in [2.05, 4.69) is 0 Å². The van der Waals surface area contributed by atoms with Crippen LogP contribution >= 0.6 is 0 Å². The maximum Gasteiger partial charge on any atom is 0.133 e. The SMILES string of the molecule is CC(C)(C)[N+](C)([O-])c1ccccc1. The topological polar surface area (TPSA) is 23.1 Å². The van der Waals surface area contributed by atoms with Gasteiger partial charge in [0.2, 0.25) is 0 Å². The zero-order valence-electron chi connectivity index (χ0n) is 8.74. The van der Waals surface area contributed by atoms with Crippen molar-refractivity contribution in [1.29, 1.82) is 0 Å². The molecule has 1 atom stereocenters. The first-order chi connectivity index (χ1) is 5.86.